The SMILES string of the molecule is O=C1c2ccccc2C(Cc2ncccc2Br)N1Cc1ccc2n[nH]nc2c1F. The van der Waals surface area contributed by atoms with Gasteiger partial charge in [-0.25, -0.2) is 4.39 Å². The van der Waals surface area contributed by atoms with Crippen LogP contribution in [0.2, 0.25) is 0 Å². The molecule has 4 aromatic rings. The molecule has 29 heavy (non-hydrogen) atoms. The first-order chi connectivity index (χ1) is 14.1. The van der Waals surface area contributed by atoms with Crippen LogP contribution in [0.1, 0.15) is 33.2 Å². The van der Waals surface area contributed by atoms with Gasteiger partial charge in [-0.05, 0) is 45.8 Å². The Morgan fingerprint density at radius 1 is 1.10 bits per heavy atom. The first kappa shape index (κ1) is 17.9. The predicted molar refractivity (Wildman–Crippen MR) is 109 cm³/mol. The largest absolute Gasteiger partial charge is 0.327 e. The number of hydrogen-bond donors (Lipinski definition) is 1. The van der Waals surface area contributed by atoms with Crippen molar-refractivity contribution in [3.8, 4) is 0 Å². The lowest BCUT2D eigenvalue weighted by Gasteiger charge is -2.26. The summed E-state index contributed by atoms with van der Waals surface area (Å²) in [5, 5.41) is 10.2. The van der Waals surface area contributed by atoms with Gasteiger partial charge >= 0.3 is 0 Å². The third kappa shape index (κ3) is 3.00. The second kappa shape index (κ2) is 7.04. The van der Waals surface area contributed by atoms with E-state index in [-0.39, 0.29) is 24.0 Å². The maximum atomic E-state index is 14.9. The first-order valence-corrected chi connectivity index (χ1v) is 9.90. The maximum Gasteiger partial charge on any atom is 0.255 e. The molecule has 1 unspecified atom stereocenters. The standard InChI is InChI=1S/C21H15BrFN5O/c22-15-6-3-9-24-17(15)10-18-13-4-1-2-5-14(13)21(29)28(18)11-12-7-8-16-20(19(12)23)26-27-25-16/h1-9,18H,10-11H2,(H,25,26,27). The van der Waals surface area contributed by atoms with Crippen molar-refractivity contribution in [1.29, 1.82) is 0 Å². The van der Waals surface area contributed by atoms with E-state index in [0.717, 1.165) is 15.7 Å². The number of nitrogens with zero attached hydrogens (tertiary/aromatic N) is 4. The fourth-order valence-electron chi connectivity index (χ4n) is 3.83. The van der Waals surface area contributed by atoms with E-state index >= 15 is 0 Å². The number of hydrogen-bond acceptors (Lipinski definition) is 4. The topological polar surface area (TPSA) is 74.8 Å². The smallest absolute Gasteiger partial charge is 0.255 e. The van der Waals surface area contributed by atoms with Crippen LogP contribution in [0.4, 0.5) is 4.39 Å². The van der Waals surface area contributed by atoms with Gasteiger partial charge in [-0.15, -0.1) is 0 Å². The van der Waals surface area contributed by atoms with Crippen LogP contribution in [-0.4, -0.2) is 31.2 Å². The van der Waals surface area contributed by atoms with E-state index in [0.29, 0.717) is 23.1 Å². The molecule has 0 saturated heterocycles. The average Bonchev–Trinajstić information content (AvgIpc) is 3.31. The van der Waals surface area contributed by atoms with Crippen LogP contribution in [0.5, 0.6) is 0 Å². The molecule has 0 spiro atoms. The van der Waals surface area contributed by atoms with Gasteiger partial charge in [-0.3, -0.25) is 9.78 Å². The van der Waals surface area contributed by atoms with Crippen molar-refractivity contribution in [2.75, 3.05) is 0 Å². The Kier molecular flexibility index (Phi) is 4.35. The summed E-state index contributed by atoms with van der Waals surface area (Å²) in [6.07, 6.45) is 2.25. The van der Waals surface area contributed by atoms with Gasteiger partial charge in [0, 0.05) is 34.8 Å². The molecule has 144 valence electrons. The molecular weight excluding hydrogens is 437 g/mol. The summed E-state index contributed by atoms with van der Waals surface area (Å²) >= 11 is 3.54. The van der Waals surface area contributed by atoms with Crippen molar-refractivity contribution in [3.63, 3.8) is 0 Å². The second-order valence-corrected chi connectivity index (χ2v) is 7.76. The summed E-state index contributed by atoms with van der Waals surface area (Å²) in [7, 11) is 0. The summed E-state index contributed by atoms with van der Waals surface area (Å²) in [6, 6.07) is 14.4. The average molecular weight is 452 g/mol. The molecule has 0 aliphatic carbocycles. The summed E-state index contributed by atoms with van der Waals surface area (Å²) in [5.41, 5.74) is 3.45. The summed E-state index contributed by atoms with van der Waals surface area (Å²) in [5.74, 6) is -0.574. The van der Waals surface area contributed by atoms with Crippen molar-refractivity contribution in [2.45, 2.75) is 19.0 Å². The summed E-state index contributed by atoms with van der Waals surface area (Å²) in [6.45, 7) is 0.136. The number of amides is 1. The van der Waals surface area contributed by atoms with Gasteiger partial charge in [0.25, 0.3) is 5.91 Å². The summed E-state index contributed by atoms with van der Waals surface area (Å²) in [4.78, 5) is 19.3. The monoisotopic (exact) mass is 451 g/mol. The molecule has 8 heteroatoms. The normalized spacial score (nSPS) is 15.9. The molecular formula is C21H15BrFN5O. The quantitative estimate of drug-likeness (QED) is 0.504. The number of fused-ring (bicyclic) bond motifs is 2. The fourth-order valence-corrected chi connectivity index (χ4v) is 4.24. The molecule has 1 aliphatic rings. The van der Waals surface area contributed by atoms with Gasteiger partial charge in [0.05, 0.1) is 11.7 Å². The number of pyridine rings is 1. The number of carbonyl (C=O) groups excluding carboxylic acids is 1. The van der Waals surface area contributed by atoms with Crippen LogP contribution >= 0.6 is 15.9 Å². The lowest BCUT2D eigenvalue weighted by molar-refractivity contribution is 0.0706. The van der Waals surface area contributed by atoms with E-state index in [9.17, 15) is 9.18 Å². The van der Waals surface area contributed by atoms with Crippen LogP contribution in [0, 0.1) is 5.82 Å². The van der Waals surface area contributed by atoms with Crippen LogP contribution in [0.3, 0.4) is 0 Å². The van der Waals surface area contributed by atoms with E-state index in [4.69, 9.17) is 0 Å². The highest BCUT2D eigenvalue weighted by molar-refractivity contribution is 9.10. The highest BCUT2D eigenvalue weighted by Gasteiger charge is 2.37. The van der Waals surface area contributed by atoms with E-state index in [1.807, 2.05) is 36.4 Å². The fraction of sp³-hybridized carbons (Fsp3) is 0.143. The third-order valence-electron chi connectivity index (χ3n) is 5.26. The summed E-state index contributed by atoms with van der Waals surface area (Å²) < 4.78 is 15.8. The van der Waals surface area contributed by atoms with Crippen LogP contribution in [0.25, 0.3) is 11.0 Å². The highest BCUT2D eigenvalue weighted by atomic mass is 79.9. The zero-order valence-corrected chi connectivity index (χ0v) is 16.7. The van der Waals surface area contributed by atoms with Crippen LogP contribution in [-0.2, 0) is 13.0 Å². The molecule has 2 aromatic heterocycles. The minimum atomic E-state index is -0.460. The van der Waals surface area contributed by atoms with Crippen molar-refractivity contribution in [1.82, 2.24) is 25.3 Å². The molecule has 6 nitrogen and oxygen atoms in total. The maximum absolute atomic E-state index is 14.9. The number of nitrogens with one attached hydrogen (secondary N) is 1. The van der Waals surface area contributed by atoms with E-state index in [2.05, 4.69) is 36.3 Å². The van der Waals surface area contributed by atoms with Gasteiger partial charge in [-0.1, -0.05) is 24.3 Å². The molecule has 1 aliphatic heterocycles. The number of carbonyl (C=O) groups is 1. The van der Waals surface area contributed by atoms with Crippen molar-refractivity contribution >= 4 is 32.9 Å². The molecule has 3 heterocycles. The van der Waals surface area contributed by atoms with Crippen molar-refractivity contribution in [3.05, 3.63) is 87.4 Å². The Morgan fingerprint density at radius 3 is 2.83 bits per heavy atom. The van der Waals surface area contributed by atoms with Crippen molar-refractivity contribution < 1.29 is 9.18 Å². The Bertz CT molecular complexity index is 1240. The molecule has 0 fully saturated rings. The molecule has 0 bridgehead atoms. The minimum Gasteiger partial charge on any atom is -0.327 e. The molecule has 2 aromatic carbocycles. The number of halogens is 2. The highest BCUT2D eigenvalue weighted by Crippen LogP contribution is 2.38. The Balaban J connectivity index is 1.55. The van der Waals surface area contributed by atoms with Crippen molar-refractivity contribution in [2.24, 2.45) is 0 Å². The number of rotatable bonds is 4. The predicted octanol–water partition coefficient (Wildman–Crippen LogP) is 4.19. The minimum absolute atomic E-state index is 0.114. The zero-order valence-electron chi connectivity index (χ0n) is 15.1. The second-order valence-electron chi connectivity index (χ2n) is 6.90. The van der Waals surface area contributed by atoms with Gasteiger partial charge in [0.15, 0.2) is 5.82 Å². The van der Waals surface area contributed by atoms with Crippen LogP contribution in [0.15, 0.2) is 59.2 Å². The first-order valence-electron chi connectivity index (χ1n) is 9.10. The molecule has 1 N–H and O–H groups in total. The van der Waals surface area contributed by atoms with Gasteiger partial charge in [0.1, 0.15) is 11.0 Å². The van der Waals surface area contributed by atoms with Gasteiger partial charge in [-0.2, -0.15) is 15.4 Å². The molecule has 1 atom stereocenters. The molecule has 1 amide bonds. The molecule has 5 rings (SSSR count). The Hall–Kier alpha value is -3.13. The third-order valence-corrected chi connectivity index (χ3v) is 5.98. The molecule has 0 saturated carbocycles. The van der Waals surface area contributed by atoms with E-state index < -0.39 is 5.82 Å². The number of aromatic nitrogens is 4. The lowest BCUT2D eigenvalue weighted by atomic mass is 10.00. The van der Waals surface area contributed by atoms with E-state index in [1.165, 1.54) is 0 Å². The number of benzene rings is 2. The zero-order chi connectivity index (χ0) is 20.0. The van der Waals surface area contributed by atoms with Gasteiger partial charge < -0.3 is 4.90 Å². The van der Waals surface area contributed by atoms with Gasteiger partial charge in [0.2, 0.25) is 0 Å². The Labute approximate surface area is 173 Å². The molecule has 0 radical (unpaired) electrons. The number of H-pyrrole nitrogens is 1. The van der Waals surface area contributed by atoms with E-state index in [1.54, 1.807) is 23.2 Å². The Morgan fingerprint density at radius 2 is 1.97 bits per heavy atom. The lowest BCUT2D eigenvalue weighted by Crippen LogP contribution is -2.29. The van der Waals surface area contributed by atoms with Crippen LogP contribution < -0.4 is 0 Å². The number of aromatic amines is 1.